The van der Waals surface area contributed by atoms with Crippen molar-refractivity contribution in [2.24, 2.45) is 28.9 Å². The number of piperidine rings is 1. The van der Waals surface area contributed by atoms with Gasteiger partial charge in [0, 0.05) is 38.8 Å². The summed E-state index contributed by atoms with van der Waals surface area (Å²) in [5.41, 5.74) is 11.7. The van der Waals surface area contributed by atoms with Crippen molar-refractivity contribution in [3.63, 3.8) is 0 Å². The first-order valence-electron chi connectivity index (χ1n) is 21.9. The molecule has 3 aromatic rings. The molecule has 3 aliphatic rings. The first-order valence-corrected chi connectivity index (χ1v) is 22.7. The van der Waals surface area contributed by atoms with Crippen molar-refractivity contribution in [2.45, 2.75) is 136 Å². The second kappa shape index (κ2) is 20.6. The second-order valence-corrected chi connectivity index (χ2v) is 19.3. The molecule has 3 heterocycles. The van der Waals surface area contributed by atoms with E-state index in [0.717, 1.165) is 58.6 Å². The van der Waals surface area contributed by atoms with Crippen molar-refractivity contribution in [2.75, 3.05) is 13.1 Å². The van der Waals surface area contributed by atoms with E-state index in [1.165, 1.54) is 4.90 Å². The lowest BCUT2D eigenvalue weighted by Gasteiger charge is -2.35. The van der Waals surface area contributed by atoms with Crippen molar-refractivity contribution in [1.29, 1.82) is 0 Å². The minimum absolute atomic E-state index is 0.0175. The molecule has 8 atom stereocenters. The number of thiazole rings is 1. The number of unbranched alkanes of at least 4 members (excludes halogenated alkanes) is 1. The van der Waals surface area contributed by atoms with Crippen LogP contribution in [0.1, 0.15) is 101 Å². The fraction of sp³-hybridized carbons (Fsp3) is 0.574. The Bertz CT molecular complexity index is 2000. The number of hydrogen-bond acceptors (Lipinski definition) is 10. The number of Topliss-reactive ketones (excluding diaryl/α,β-unsaturated/α-hetero) is 1. The van der Waals surface area contributed by atoms with Gasteiger partial charge in [-0.15, -0.1) is 11.3 Å². The zero-order valence-corrected chi connectivity index (χ0v) is 37.1. The fourth-order valence-corrected chi connectivity index (χ4v) is 9.52. The standard InChI is InChI=1S/C47H64N6O7S/c1-28-43(61-27-51-28)33-16-14-31(15-17-33)23-50-45(58)38-22-36(54)25-53(38)46(59)44(47(3,4)5)52-41(57)9-7-6-8-30-10-12-32(13-11-30)26-60-29(2)34(18-19-40(48)56)21-39(55)42-37-20-35(37)24-49-42/h10-17,27,29,34-38,42,44,49,54H,6-9,18-26H2,1-5H3,(H2,48,56)(H,50,58)(H,52,57)/t29-,34-,35-,36-,37-,38+,42+,44-/m1/s1. The number of likely N-dealkylation sites (tertiary alicyclic amines) is 1. The van der Waals surface area contributed by atoms with Gasteiger partial charge >= 0.3 is 0 Å². The molecule has 14 heteroatoms. The van der Waals surface area contributed by atoms with Gasteiger partial charge in [0.1, 0.15) is 17.9 Å². The first-order chi connectivity index (χ1) is 29.1. The quantitative estimate of drug-likeness (QED) is 0.0919. The van der Waals surface area contributed by atoms with Gasteiger partial charge in [0.2, 0.25) is 23.6 Å². The Balaban J connectivity index is 0.931. The number of carbonyl (C=O) groups excluding carboxylic acids is 5. The predicted molar refractivity (Wildman–Crippen MR) is 235 cm³/mol. The number of nitrogens with one attached hydrogen (secondary N) is 3. The maximum Gasteiger partial charge on any atom is 0.246 e. The van der Waals surface area contributed by atoms with E-state index in [1.54, 1.807) is 11.3 Å². The van der Waals surface area contributed by atoms with Crippen LogP contribution in [0, 0.1) is 30.1 Å². The zero-order valence-electron chi connectivity index (χ0n) is 36.3. The number of rotatable bonds is 21. The molecule has 1 aromatic heterocycles. The molecule has 0 spiro atoms. The number of aliphatic hydroxyl groups excluding tert-OH is 1. The van der Waals surface area contributed by atoms with Gasteiger partial charge in [0.25, 0.3) is 0 Å². The van der Waals surface area contributed by atoms with Crippen molar-refractivity contribution >= 4 is 40.7 Å². The molecule has 0 unspecified atom stereocenters. The molecule has 4 amide bonds. The number of aliphatic hydroxyl groups is 1. The number of aromatic nitrogens is 1. The van der Waals surface area contributed by atoms with Crippen molar-refractivity contribution in [3.05, 3.63) is 76.4 Å². The number of primary amides is 1. The molecule has 2 aromatic carbocycles. The van der Waals surface area contributed by atoms with Crippen LogP contribution in [0.4, 0.5) is 0 Å². The van der Waals surface area contributed by atoms with Gasteiger partial charge in [-0.3, -0.25) is 24.0 Å². The summed E-state index contributed by atoms with van der Waals surface area (Å²) in [4.78, 5) is 72.2. The summed E-state index contributed by atoms with van der Waals surface area (Å²) < 4.78 is 6.23. The largest absolute Gasteiger partial charge is 0.391 e. The number of ether oxygens (including phenoxy) is 1. The van der Waals surface area contributed by atoms with Crippen molar-refractivity contribution in [3.8, 4) is 10.4 Å². The highest BCUT2D eigenvalue weighted by atomic mass is 32.1. The summed E-state index contributed by atoms with van der Waals surface area (Å²) in [7, 11) is 0. The summed E-state index contributed by atoms with van der Waals surface area (Å²) in [5.74, 6) is -0.137. The lowest BCUT2D eigenvalue weighted by Crippen LogP contribution is -2.57. The van der Waals surface area contributed by atoms with Crippen LogP contribution in [0.25, 0.3) is 10.4 Å². The number of fused-ring (bicyclic) bond motifs is 1. The molecule has 1 aliphatic carbocycles. The Kier molecular flexibility index (Phi) is 15.5. The summed E-state index contributed by atoms with van der Waals surface area (Å²) in [6.07, 6.45) is 3.70. The Morgan fingerprint density at radius 3 is 2.33 bits per heavy atom. The molecule has 6 N–H and O–H groups in total. The van der Waals surface area contributed by atoms with Crippen LogP contribution in [0.5, 0.6) is 0 Å². The van der Waals surface area contributed by atoms with Gasteiger partial charge in [-0.2, -0.15) is 0 Å². The molecular weight excluding hydrogens is 793 g/mol. The number of β-amino-alcohol motifs (C(OH)–C–C–N with tert-alkyl or cyclic N) is 1. The van der Waals surface area contributed by atoms with E-state index in [9.17, 15) is 29.1 Å². The number of nitrogens with zero attached hydrogens (tertiary/aromatic N) is 2. The third kappa shape index (κ3) is 12.6. The number of aryl methyl sites for hydroxylation is 2. The molecule has 0 radical (unpaired) electrons. The monoisotopic (exact) mass is 856 g/mol. The summed E-state index contributed by atoms with van der Waals surface area (Å²) in [6, 6.07) is 14.3. The Morgan fingerprint density at radius 2 is 1.70 bits per heavy atom. The maximum absolute atomic E-state index is 14.0. The Hall–Kier alpha value is -4.50. The van der Waals surface area contributed by atoms with E-state index < -0.39 is 23.6 Å². The molecule has 330 valence electrons. The van der Waals surface area contributed by atoms with Crippen molar-refractivity contribution < 1.29 is 33.8 Å². The number of amides is 4. The molecule has 2 saturated heterocycles. The molecule has 13 nitrogen and oxygen atoms in total. The van der Waals surface area contributed by atoms with Crippen LogP contribution in [0.3, 0.4) is 0 Å². The van der Waals surface area contributed by atoms with Crippen LogP contribution < -0.4 is 21.7 Å². The van der Waals surface area contributed by atoms with E-state index in [4.69, 9.17) is 10.5 Å². The highest BCUT2D eigenvalue weighted by molar-refractivity contribution is 7.13. The van der Waals surface area contributed by atoms with Gasteiger partial charge < -0.3 is 36.4 Å². The molecule has 1 saturated carbocycles. The van der Waals surface area contributed by atoms with Crippen LogP contribution in [0.2, 0.25) is 0 Å². The molecule has 0 bridgehead atoms. The van der Waals surface area contributed by atoms with Gasteiger partial charge in [0.05, 0.1) is 40.9 Å². The smallest absolute Gasteiger partial charge is 0.246 e. The minimum Gasteiger partial charge on any atom is -0.391 e. The van der Waals surface area contributed by atoms with Crippen LogP contribution in [-0.2, 0) is 48.3 Å². The average Bonchev–Trinajstić information content (AvgIpc) is 3.48. The number of hydrogen-bond donors (Lipinski definition) is 5. The number of ketones is 1. The van der Waals surface area contributed by atoms with Crippen LogP contribution in [0.15, 0.2) is 54.0 Å². The molecule has 61 heavy (non-hydrogen) atoms. The lowest BCUT2D eigenvalue weighted by atomic mass is 9.85. The van der Waals surface area contributed by atoms with Gasteiger partial charge in [-0.1, -0.05) is 69.3 Å². The van der Waals surface area contributed by atoms with Gasteiger partial charge in [-0.25, -0.2) is 4.98 Å². The normalized spacial score (nSPS) is 22.3. The topological polar surface area (TPSA) is 193 Å². The first kappa shape index (κ1) is 46.0. The average molecular weight is 857 g/mol. The highest BCUT2D eigenvalue weighted by Crippen LogP contribution is 2.46. The maximum atomic E-state index is 14.0. The Labute approximate surface area is 364 Å². The zero-order chi connectivity index (χ0) is 43.8. The Morgan fingerprint density at radius 1 is 1.00 bits per heavy atom. The van der Waals surface area contributed by atoms with Crippen molar-refractivity contribution in [1.82, 2.24) is 25.8 Å². The lowest BCUT2D eigenvalue weighted by molar-refractivity contribution is -0.144. The third-order valence-electron chi connectivity index (χ3n) is 12.6. The highest BCUT2D eigenvalue weighted by Gasteiger charge is 2.51. The predicted octanol–water partition coefficient (Wildman–Crippen LogP) is 4.99. The summed E-state index contributed by atoms with van der Waals surface area (Å²) >= 11 is 1.58. The van der Waals surface area contributed by atoms with Crippen LogP contribution >= 0.6 is 11.3 Å². The van der Waals surface area contributed by atoms with E-state index in [2.05, 4.69) is 33.1 Å². The third-order valence-corrected chi connectivity index (χ3v) is 13.6. The second-order valence-electron chi connectivity index (χ2n) is 18.5. The summed E-state index contributed by atoms with van der Waals surface area (Å²) in [6.45, 7) is 11.2. The molecule has 6 rings (SSSR count). The molecule has 3 fully saturated rings. The fourth-order valence-electron chi connectivity index (χ4n) is 8.71. The van der Waals surface area contributed by atoms with E-state index >= 15 is 0 Å². The van der Waals surface area contributed by atoms with Gasteiger partial charge in [0.15, 0.2) is 0 Å². The van der Waals surface area contributed by atoms with E-state index in [-0.39, 0.29) is 79.8 Å². The van der Waals surface area contributed by atoms with Crippen LogP contribution in [-0.4, -0.2) is 87.8 Å². The summed E-state index contributed by atoms with van der Waals surface area (Å²) in [5, 5.41) is 19.9. The molecule has 2 aliphatic heterocycles. The molecular formula is C47H64N6O7S. The number of carbonyl (C=O) groups is 5. The number of benzene rings is 2. The van der Waals surface area contributed by atoms with E-state index in [0.29, 0.717) is 37.7 Å². The van der Waals surface area contributed by atoms with Gasteiger partial charge in [-0.05, 0) is 97.9 Å². The van der Waals surface area contributed by atoms with E-state index in [1.807, 2.05) is 76.5 Å². The minimum atomic E-state index is -0.880. The SMILES string of the molecule is Cc1ncsc1-c1ccc(CNC(=O)[C@@H]2C[C@@H](O)CN2C(=O)[C@@H](NC(=O)CCCCc2ccc(CO[C@H](C)[C@H](CCC(N)=O)CC(=O)[C@H]3NC[C@H]4C[C@H]43)cc2)C(C)(C)C)cc1. The number of nitrogens with two attached hydrogens (primary N) is 1.